The summed E-state index contributed by atoms with van der Waals surface area (Å²) in [5.74, 6) is 1.01. The monoisotopic (exact) mass is 229 g/mol. The van der Waals surface area contributed by atoms with Crippen LogP contribution >= 0.6 is 0 Å². The SMILES string of the molecule is CC(C)c1cc2cccnc2c(C(C)C)[n+]1C. The maximum atomic E-state index is 4.54. The summed E-state index contributed by atoms with van der Waals surface area (Å²) < 4.78 is 2.31. The molecule has 0 spiro atoms. The molecule has 0 saturated carbocycles. The molecule has 90 valence electrons. The largest absolute Gasteiger partial charge is 0.250 e. The molecule has 0 aromatic carbocycles. The number of hydrogen-bond donors (Lipinski definition) is 0. The molecule has 0 unspecified atom stereocenters. The van der Waals surface area contributed by atoms with Crippen molar-refractivity contribution in [2.24, 2.45) is 7.05 Å². The Balaban J connectivity index is 2.85. The molecule has 0 atom stereocenters. The number of pyridine rings is 2. The fourth-order valence-electron chi connectivity index (χ4n) is 2.52. The van der Waals surface area contributed by atoms with Crippen molar-refractivity contribution in [3.8, 4) is 0 Å². The fraction of sp³-hybridized carbons (Fsp3) is 0.467. The van der Waals surface area contributed by atoms with Crippen LogP contribution in [0.3, 0.4) is 0 Å². The number of nitrogens with zero attached hydrogens (tertiary/aromatic N) is 2. The summed E-state index contributed by atoms with van der Waals surface area (Å²) in [7, 11) is 2.15. The highest BCUT2D eigenvalue weighted by Gasteiger charge is 2.22. The summed E-state index contributed by atoms with van der Waals surface area (Å²) in [5.41, 5.74) is 3.83. The maximum absolute atomic E-state index is 4.54. The first-order chi connectivity index (χ1) is 8.02. The molecule has 0 fully saturated rings. The third kappa shape index (κ3) is 2.04. The Morgan fingerprint density at radius 1 is 1.12 bits per heavy atom. The van der Waals surface area contributed by atoms with Crippen LogP contribution in [0.25, 0.3) is 10.9 Å². The summed E-state index contributed by atoms with van der Waals surface area (Å²) in [4.78, 5) is 4.54. The Morgan fingerprint density at radius 2 is 1.82 bits per heavy atom. The van der Waals surface area contributed by atoms with E-state index < -0.39 is 0 Å². The molecule has 17 heavy (non-hydrogen) atoms. The molecule has 0 amide bonds. The van der Waals surface area contributed by atoms with Gasteiger partial charge in [0.25, 0.3) is 0 Å². The number of rotatable bonds is 2. The highest BCUT2D eigenvalue weighted by Crippen LogP contribution is 2.23. The van der Waals surface area contributed by atoms with Gasteiger partial charge in [0.05, 0.1) is 0 Å². The third-order valence-corrected chi connectivity index (χ3v) is 3.27. The molecular weight excluding hydrogens is 208 g/mol. The molecule has 2 heteroatoms. The van der Waals surface area contributed by atoms with Gasteiger partial charge in [-0.05, 0) is 6.07 Å². The van der Waals surface area contributed by atoms with Crippen LogP contribution in [-0.2, 0) is 7.05 Å². The standard InChI is InChI=1S/C15H21N2/c1-10(2)13-9-12-7-6-8-16-14(12)15(11(3)4)17(13)5/h6-11H,1-5H3/q+1. The van der Waals surface area contributed by atoms with Crippen LogP contribution in [0.4, 0.5) is 0 Å². The van der Waals surface area contributed by atoms with E-state index in [0.717, 1.165) is 5.52 Å². The maximum Gasteiger partial charge on any atom is 0.210 e. The second kappa shape index (κ2) is 4.44. The van der Waals surface area contributed by atoms with Gasteiger partial charge in [-0.3, -0.25) is 0 Å². The summed E-state index contributed by atoms with van der Waals surface area (Å²) >= 11 is 0. The zero-order valence-electron chi connectivity index (χ0n) is 11.4. The molecule has 2 aromatic heterocycles. The van der Waals surface area contributed by atoms with Gasteiger partial charge in [0, 0.05) is 29.5 Å². The molecule has 0 aliphatic carbocycles. The highest BCUT2D eigenvalue weighted by atomic mass is 15.0. The smallest absolute Gasteiger partial charge is 0.210 e. The summed E-state index contributed by atoms with van der Waals surface area (Å²) in [6.07, 6.45) is 1.88. The van der Waals surface area contributed by atoms with E-state index in [4.69, 9.17) is 0 Å². The normalized spacial score (nSPS) is 11.7. The van der Waals surface area contributed by atoms with E-state index in [0.29, 0.717) is 11.8 Å². The van der Waals surface area contributed by atoms with E-state index in [1.54, 1.807) is 0 Å². The van der Waals surface area contributed by atoms with Crippen LogP contribution in [0.2, 0.25) is 0 Å². The Bertz CT molecular complexity index is 542. The summed E-state index contributed by atoms with van der Waals surface area (Å²) in [6, 6.07) is 6.43. The molecule has 0 N–H and O–H groups in total. The van der Waals surface area contributed by atoms with E-state index >= 15 is 0 Å². The molecule has 0 aliphatic heterocycles. The van der Waals surface area contributed by atoms with Gasteiger partial charge in [0.1, 0.15) is 12.6 Å². The van der Waals surface area contributed by atoms with Crippen LogP contribution in [0.1, 0.15) is 50.9 Å². The lowest BCUT2D eigenvalue weighted by Crippen LogP contribution is -2.40. The summed E-state index contributed by atoms with van der Waals surface area (Å²) in [5, 5.41) is 1.25. The predicted molar refractivity (Wildman–Crippen MR) is 71.1 cm³/mol. The second-order valence-electron chi connectivity index (χ2n) is 5.26. The van der Waals surface area contributed by atoms with Crippen molar-refractivity contribution in [1.29, 1.82) is 0 Å². The molecule has 2 heterocycles. The lowest BCUT2D eigenvalue weighted by atomic mass is 10.0. The van der Waals surface area contributed by atoms with E-state index in [1.165, 1.54) is 16.8 Å². The topological polar surface area (TPSA) is 16.8 Å². The minimum Gasteiger partial charge on any atom is -0.250 e. The van der Waals surface area contributed by atoms with Crippen molar-refractivity contribution in [1.82, 2.24) is 4.98 Å². The van der Waals surface area contributed by atoms with Crippen molar-refractivity contribution < 1.29 is 4.57 Å². The van der Waals surface area contributed by atoms with Crippen molar-refractivity contribution >= 4 is 10.9 Å². The van der Waals surface area contributed by atoms with Gasteiger partial charge in [-0.25, -0.2) is 9.55 Å². The van der Waals surface area contributed by atoms with Crippen molar-refractivity contribution in [3.05, 3.63) is 35.8 Å². The average Bonchev–Trinajstić information content (AvgIpc) is 2.27. The molecule has 2 rings (SSSR count). The minimum atomic E-state index is 0.482. The Labute approximate surface area is 103 Å². The molecule has 0 bridgehead atoms. The van der Waals surface area contributed by atoms with Gasteiger partial charge < -0.3 is 0 Å². The zero-order valence-corrected chi connectivity index (χ0v) is 11.4. The molecule has 2 aromatic rings. The van der Waals surface area contributed by atoms with Crippen molar-refractivity contribution in [2.45, 2.75) is 39.5 Å². The molecule has 0 aliphatic rings. The average molecular weight is 229 g/mol. The third-order valence-electron chi connectivity index (χ3n) is 3.27. The van der Waals surface area contributed by atoms with Gasteiger partial charge in [-0.1, -0.05) is 33.8 Å². The highest BCUT2D eigenvalue weighted by molar-refractivity contribution is 5.80. The quantitative estimate of drug-likeness (QED) is 0.722. The summed E-state index contributed by atoms with van der Waals surface area (Å²) in [6.45, 7) is 8.93. The van der Waals surface area contributed by atoms with Crippen LogP contribution in [0.15, 0.2) is 24.4 Å². The van der Waals surface area contributed by atoms with Crippen LogP contribution in [-0.4, -0.2) is 4.98 Å². The van der Waals surface area contributed by atoms with Crippen LogP contribution < -0.4 is 4.57 Å². The van der Waals surface area contributed by atoms with Crippen molar-refractivity contribution in [3.63, 3.8) is 0 Å². The van der Waals surface area contributed by atoms with Crippen molar-refractivity contribution in [2.75, 3.05) is 0 Å². The predicted octanol–water partition coefficient (Wildman–Crippen LogP) is 3.31. The zero-order chi connectivity index (χ0) is 12.6. The second-order valence-corrected chi connectivity index (χ2v) is 5.26. The Hall–Kier alpha value is -1.44. The number of aromatic nitrogens is 2. The molecule has 0 radical (unpaired) electrons. The van der Waals surface area contributed by atoms with Crippen LogP contribution in [0.5, 0.6) is 0 Å². The first kappa shape index (κ1) is 12.0. The van der Waals surface area contributed by atoms with Gasteiger partial charge in [0.2, 0.25) is 5.69 Å². The van der Waals surface area contributed by atoms with Gasteiger partial charge in [-0.2, -0.15) is 0 Å². The number of hydrogen-bond acceptors (Lipinski definition) is 1. The Kier molecular flexibility index (Phi) is 3.14. The van der Waals surface area contributed by atoms with E-state index in [9.17, 15) is 0 Å². The van der Waals surface area contributed by atoms with Gasteiger partial charge >= 0.3 is 0 Å². The van der Waals surface area contributed by atoms with E-state index in [-0.39, 0.29) is 0 Å². The van der Waals surface area contributed by atoms with E-state index in [1.807, 2.05) is 12.3 Å². The molecule has 2 nitrogen and oxygen atoms in total. The van der Waals surface area contributed by atoms with E-state index in [2.05, 4.69) is 56.4 Å². The Morgan fingerprint density at radius 3 is 2.41 bits per heavy atom. The molecule has 0 saturated heterocycles. The fourth-order valence-corrected chi connectivity index (χ4v) is 2.52. The first-order valence-corrected chi connectivity index (χ1v) is 6.30. The lowest BCUT2D eigenvalue weighted by molar-refractivity contribution is -0.687. The number of fused-ring (bicyclic) bond motifs is 1. The molecular formula is C15H21N2+. The first-order valence-electron chi connectivity index (χ1n) is 6.30. The van der Waals surface area contributed by atoms with Gasteiger partial charge in [0.15, 0.2) is 5.69 Å². The van der Waals surface area contributed by atoms with Gasteiger partial charge in [-0.15, -0.1) is 0 Å². The lowest BCUT2D eigenvalue weighted by Gasteiger charge is -2.12. The van der Waals surface area contributed by atoms with Crippen LogP contribution in [0, 0.1) is 0 Å². The minimum absolute atomic E-state index is 0.482.